The fourth-order valence-electron chi connectivity index (χ4n) is 4.01. The van der Waals surface area contributed by atoms with Crippen LogP contribution < -0.4 is 9.62 Å². The summed E-state index contributed by atoms with van der Waals surface area (Å²) in [7, 11) is -4.17. The molecule has 7 nitrogen and oxygen atoms in total. The SMILES string of the molecule is O=C(CN(c1ccccc1)S(=O)(=O)c1ccc(F)cc1)Nc1ccccc1C(=O)N1CCCCC1. The molecule has 3 aromatic rings. The second kappa shape index (κ2) is 10.7. The molecule has 1 N–H and O–H groups in total. The predicted molar refractivity (Wildman–Crippen MR) is 132 cm³/mol. The summed E-state index contributed by atoms with van der Waals surface area (Å²) in [6.07, 6.45) is 2.96. The summed E-state index contributed by atoms with van der Waals surface area (Å²) in [6.45, 7) is 0.799. The maximum atomic E-state index is 13.4. The highest BCUT2D eigenvalue weighted by atomic mass is 32.2. The van der Waals surface area contributed by atoms with Gasteiger partial charge in [0.1, 0.15) is 12.4 Å². The summed E-state index contributed by atoms with van der Waals surface area (Å²) < 4.78 is 41.1. The third kappa shape index (κ3) is 5.68. The van der Waals surface area contributed by atoms with Crippen LogP contribution >= 0.6 is 0 Å². The molecule has 35 heavy (non-hydrogen) atoms. The Bertz CT molecular complexity index is 1290. The molecule has 0 bridgehead atoms. The molecule has 4 rings (SSSR count). The lowest BCUT2D eigenvalue weighted by atomic mass is 10.1. The van der Waals surface area contributed by atoms with Gasteiger partial charge in [0.05, 0.1) is 21.8 Å². The number of anilines is 2. The van der Waals surface area contributed by atoms with Crippen LogP contribution in [0.15, 0.2) is 83.8 Å². The van der Waals surface area contributed by atoms with Gasteiger partial charge in [0.2, 0.25) is 5.91 Å². The summed E-state index contributed by atoms with van der Waals surface area (Å²) in [5.41, 5.74) is 0.959. The van der Waals surface area contributed by atoms with E-state index in [0.717, 1.165) is 47.8 Å². The molecule has 3 aromatic carbocycles. The van der Waals surface area contributed by atoms with Crippen LogP contribution in [0.25, 0.3) is 0 Å². The van der Waals surface area contributed by atoms with Crippen molar-refractivity contribution >= 4 is 33.2 Å². The van der Waals surface area contributed by atoms with E-state index in [-0.39, 0.29) is 16.5 Å². The molecule has 182 valence electrons. The van der Waals surface area contributed by atoms with E-state index in [2.05, 4.69) is 5.32 Å². The predicted octanol–water partition coefficient (Wildman–Crippen LogP) is 4.29. The minimum absolute atomic E-state index is 0.142. The number of benzene rings is 3. The van der Waals surface area contributed by atoms with E-state index >= 15 is 0 Å². The van der Waals surface area contributed by atoms with Crippen molar-refractivity contribution in [3.8, 4) is 0 Å². The third-order valence-corrected chi connectivity index (χ3v) is 7.60. The second-order valence-corrected chi connectivity index (χ2v) is 10.1. The number of sulfonamides is 1. The molecule has 0 aliphatic carbocycles. The van der Waals surface area contributed by atoms with Gasteiger partial charge in [0.25, 0.3) is 15.9 Å². The van der Waals surface area contributed by atoms with Crippen LogP contribution in [0.1, 0.15) is 29.6 Å². The van der Waals surface area contributed by atoms with Gasteiger partial charge >= 0.3 is 0 Å². The highest BCUT2D eigenvalue weighted by Gasteiger charge is 2.28. The van der Waals surface area contributed by atoms with Crippen molar-refractivity contribution in [2.45, 2.75) is 24.2 Å². The van der Waals surface area contributed by atoms with Gasteiger partial charge in [0.15, 0.2) is 0 Å². The van der Waals surface area contributed by atoms with Crippen molar-refractivity contribution in [2.24, 2.45) is 0 Å². The van der Waals surface area contributed by atoms with E-state index in [1.165, 1.54) is 0 Å². The van der Waals surface area contributed by atoms with Crippen LogP contribution in [-0.2, 0) is 14.8 Å². The van der Waals surface area contributed by atoms with Crippen LogP contribution in [0.5, 0.6) is 0 Å². The quantitative estimate of drug-likeness (QED) is 0.530. The molecular weight excluding hydrogens is 469 g/mol. The number of rotatable bonds is 7. The zero-order valence-corrected chi connectivity index (χ0v) is 19.9. The Morgan fingerprint density at radius 1 is 0.857 bits per heavy atom. The molecule has 0 spiro atoms. The van der Waals surface area contributed by atoms with Crippen molar-refractivity contribution < 1.29 is 22.4 Å². The average Bonchev–Trinajstić information content (AvgIpc) is 2.88. The Hall–Kier alpha value is -3.72. The smallest absolute Gasteiger partial charge is 0.264 e. The van der Waals surface area contributed by atoms with E-state index in [9.17, 15) is 22.4 Å². The van der Waals surface area contributed by atoms with Crippen LogP contribution in [0.2, 0.25) is 0 Å². The van der Waals surface area contributed by atoms with Gasteiger partial charge in [-0.05, 0) is 67.8 Å². The van der Waals surface area contributed by atoms with Crippen LogP contribution in [0.3, 0.4) is 0 Å². The number of para-hydroxylation sites is 2. The molecule has 2 amide bonds. The first-order valence-electron chi connectivity index (χ1n) is 11.4. The van der Waals surface area contributed by atoms with Crippen LogP contribution in [0.4, 0.5) is 15.8 Å². The Labute approximate surface area is 204 Å². The molecule has 9 heteroatoms. The number of nitrogens with zero attached hydrogens (tertiary/aromatic N) is 2. The molecule has 1 saturated heterocycles. The Kier molecular flexibility index (Phi) is 7.45. The molecule has 1 heterocycles. The van der Waals surface area contributed by atoms with Crippen molar-refractivity contribution in [1.82, 2.24) is 4.90 Å². The second-order valence-electron chi connectivity index (χ2n) is 8.25. The van der Waals surface area contributed by atoms with Gasteiger partial charge in [-0.15, -0.1) is 0 Å². The normalized spacial score (nSPS) is 13.8. The van der Waals surface area contributed by atoms with Gasteiger partial charge in [-0.2, -0.15) is 0 Å². The summed E-state index contributed by atoms with van der Waals surface area (Å²) in [4.78, 5) is 27.8. The summed E-state index contributed by atoms with van der Waals surface area (Å²) in [5, 5.41) is 2.71. The minimum Gasteiger partial charge on any atom is -0.339 e. The van der Waals surface area contributed by atoms with Gasteiger partial charge < -0.3 is 10.2 Å². The molecule has 0 aromatic heterocycles. The van der Waals surface area contributed by atoms with Crippen molar-refractivity contribution in [3.63, 3.8) is 0 Å². The van der Waals surface area contributed by atoms with E-state index < -0.39 is 28.3 Å². The van der Waals surface area contributed by atoms with Gasteiger partial charge in [-0.3, -0.25) is 13.9 Å². The molecule has 1 aliphatic rings. The van der Waals surface area contributed by atoms with E-state index in [0.29, 0.717) is 24.3 Å². The van der Waals surface area contributed by atoms with E-state index in [1.807, 2.05) is 0 Å². The molecule has 0 radical (unpaired) electrons. The molecule has 1 aliphatic heterocycles. The maximum Gasteiger partial charge on any atom is 0.264 e. The number of hydrogen-bond donors (Lipinski definition) is 1. The number of nitrogens with one attached hydrogen (secondary N) is 1. The Morgan fingerprint density at radius 2 is 1.49 bits per heavy atom. The maximum absolute atomic E-state index is 13.4. The number of amides is 2. The topological polar surface area (TPSA) is 86.8 Å². The lowest BCUT2D eigenvalue weighted by Gasteiger charge is -2.28. The first-order chi connectivity index (χ1) is 16.9. The molecule has 0 atom stereocenters. The van der Waals surface area contributed by atoms with Crippen molar-refractivity contribution in [1.29, 1.82) is 0 Å². The number of carbonyl (C=O) groups is 2. The number of hydrogen-bond acceptors (Lipinski definition) is 4. The van der Waals surface area contributed by atoms with E-state index in [1.54, 1.807) is 59.5 Å². The first-order valence-corrected chi connectivity index (χ1v) is 12.8. The van der Waals surface area contributed by atoms with Gasteiger partial charge in [-0.1, -0.05) is 30.3 Å². The zero-order valence-electron chi connectivity index (χ0n) is 19.1. The monoisotopic (exact) mass is 495 g/mol. The summed E-state index contributed by atoms with van der Waals surface area (Å²) in [5.74, 6) is -1.35. The lowest BCUT2D eigenvalue weighted by Crippen LogP contribution is -2.39. The number of halogens is 1. The standard InChI is InChI=1S/C26H26FN3O4S/c27-20-13-15-22(16-14-20)35(33,34)30(21-9-3-1-4-10-21)19-25(31)28-24-12-6-5-11-23(24)26(32)29-17-7-2-8-18-29/h1,3-6,9-16H,2,7-8,17-19H2,(H,28,31). The highest BCUT2D eigenvalue weighted by Crippen LogP contribution is 2.25. The highest BCUT2D eigenvalue weighted by molar-refractivity contribution is 7.92. The average molecular weight is 496 g/mol. The van der Waals surface area contributed by atoms with E-state index in [4.69, 9.17) is 0 Å². The largest absolute Gasteiger partial charge is 0.339 e. The minimum atomic E-state index is -4.17. The zero-order chi connectivity index (χ0) is 24.8. The van der Waals surface area contributed by atoms with Crippen LogP contribution in [-0.4, -0.2) is 44.8 Å². The summed E-state index contributed by atoms with van der Waals surface area (Å²) in [6, 6.07) is 19.3. The first kappa shape index (κ1) is 24.4. The lowest BCUT2D eigenvalue weighted by molar-refractivity contribution is -0.114. The number of likely N-dealkylation sites (tertiary alicyclic amines) is 1. The Balaban J connectivity index is 1.59. The van der Waals surface area contributed by atoms with Gasteiger partial charge in [-0.25, -0.2) is 12.8 Å². The molecule has 0 unspecified atom stereocenters. The summed E-state index contributed by atoms with van der Waals surface area (Å²) >= 11 is 0. The number of piperidine rings is 1. The fraction of sp³-hybridized carbons (Fsp3) is 0.231. The van der Waals surface area contributed by atoms with Crippen LogP contribution in [0, 0.1) is 5.82 Å². The molecule has 1 fully saturated rings. The van der Waals surface area contributed by atoms with Crippen molar-refractivity contribution in [2.75, 3.05) is 29.3 Å². The fourth-order valence-corrected chi connectivity index (χ4v) is 5.43. The molecular formula is C26H26FN3O4S. The van der Waals surface area contributed by atoms with Gasteiger partial charge in [0, 0.05) is 13.1 Å². The molecule has 0 saturated carbocycles. The van der Waals surface area contributed by atoms with Crippen molar-refractivity contribution in [3.05, 3.63) is 90.2 Å². The Morgan fingerprint density at radius 3 is 2.17 bits per heavy atom. The number of carbonyl (C=O) groups excluding carboxylic acids is 2. The third-order valence-electron chi connectivity index (χ3n) is 5.81.